The molecular formula is C23H26N2O4. The van der Waals surface area contributed by atoms with Gasteiger partial charge in [0.15, 0.2) is 11.5 Å². The topological polar surface area (TPSA) is 80.6 Å². The molecule has 2 rings (SSSR count). The number of methoxy groups -OCH3 is 2. The maximum absolute atomic E-state index is 12.5. The Hall–Kier alpha value is -3.46. The number of amides is 1. The molecule has 6 heteroatoms. The molecule has 152 valence electrons. The molecule has 0 bridgehead atoms. The summed E-state index contributed by atoms with van der Waals surface area (Å²) in [5, 5.41) is 12.1. The van der Waals surface area contributed by atoms with E-state index in [1.807, 2.05) is 30.3 Å². The van der Waals surface area contributed by atoms with Gasteiger partial charge < -0.3 is 19.5 Å². The minimum Gasteiger partial charge on any atom is -0.494 e. The molecule has 0 saturated heterocycles. The standard InChI is InChI=1S/C23H26N2O4/c1-4-5-6-13-29-20-10-7-17(8-11-20)14-18(16-24)23(26)25-19-9-12-21(27-2)22(15-19)28-3/h7-12,14-15H,4-6,13H2,1-3H3,(H,25,26)/b18-14+. The van der Waals surface area contributed by atoms with Gasteiger partial charge in [0.2, 0.25) is 0 Å². The van der Waals surface area contributed by atoms with Crippen LogP contribution >= 0.6 is 0 Å². The van der Waals surface area contributed by atoms with Crippen molar-refractivity contribution < 1.29 is 19.0 Å². The number of carbonyl (C=O) groups excluding carboxylic acids is 1. The number of nitriles is 1. The number of nitrogens with one attached hydrogen (secondary N) is 1. The van der Waals surface area contributed by atoms with Crippen molar-refractivity contribution in [1.29, 1.82) is 5.26 Å². The summed E-state index contributed by atoms with van der Waals surface area (Å²) in [4.78, 5) is 12.5. The van der Waals surface area contributed by atoms with Gasteiger partial charge in [0.25, 0.3) is 5.91 Å². The van der Waals surface area contributed by atoms with Gasteiger partial charge in [0, 0.05) is 11.8 Å². The van der Waals surface area contributed by atoms with Crippen LogP contribution < -0.4 is 19.5 Å². The second-order valence-electron chi connectivity index (χ2n) is 6.32. The summed E-state index contributed by atoms with van der Waals surface area (Å²) in [6.45, 7) is 2.83. The SMILES string of the molecule is CCCCCOc1ccc(/C=C(\C#N)C(=O)Nc2ccc(OC)c(OC)c2)cc1. The van der Waals surface area contributed by atoms with Crippen LogP contribution in [0.15, 0.2) is 48.0 Å². The fourth-order valence-electron chi connectivity index (χ4n) is 2.63. The maximum Gasteiger partial charge on any atom is 0.266 e. The van der Waals surface area contributed by atoms with E-state index in [1.165, 1.54) is 20.3 Å². The molecule has 0 radical (unpaired) electrons. The second kappa shape index (κ2) is 11.4. The second-order valence-corrected chi connectivity index (χ2v) is 6.32. The van der Waals surface area contributed by atoms with Crippen molar-refractivity contribution in [3.8, 4) is 23.3 Å². The number of rotatable bonds is 10. The van der Waals surface area contributed by atoms with E-state index in [2.05, 4.69) is 12.2 Å². The smallest absolute Gasteiger partial charge is 0.266 e. The zero-order valence-electron chi connectivity index (χ0n) is 17.0. The average Bonchev–Trinajstić information content (AvgIpc) is 2.75. The molecule has 0 heterocycles. The van der Waals surface area contributed by atoms with Crippen molar-refractivity contribution in [2.75, 3.05) is 26.1 Å². The first-order valence-corrected chi connectivity index (χ1v) is 9.49. The first kappa shape index (κ1) is 21.8. The molecule has 0 unspecified atom stereocenters. The van der Waals surface area contributed by atoms with E-state index in [-0.39, 0.29) is 5.57 Å². The lowest BCUT2D eigenvalue weighted by molar-refractivity contribution is -0.112. The molecule has 6 nitrogen and oxygen atoms in total. The minimum atomic E-state index is -0.500. The van der Waals surface area contributed by atoms with Crippen LogP contribution in [0.25, 0.3) is 6.08 Å². The van der Waals surface area contributed by atoms with E-state index < -0.39 is 5.91 Å². The van der Waals surface area contributed by atoms with Crippen LogP contribution in [-0.2, 0) is 4.79 Å². The zero-order chi connectivity index (χ0) is 21.1. The minimum absolute atomic E-state index is 0.00333. The van der Waals surface area contributed by atoms with Crippen LogP contribution in [0.4, 0.5) is 5.69 Å². The van der Waals surface area contributed by atoms with Gasteiger partial charge in [-0.1, -0.05) is 31.9 Å². The molecule has 0 aliphatic heterocycles. The van der Waals surface area contributed by atoms with E-state index in [4.69, 9.17) is 14.2 Å². The predicted octanol–water partition coefficient (Wildman–Crippen LogP) is 4.82. The summed E-state index contributed by atoms with van der Waals surface area (Å²) < 4.78 is 16.1. The predicted molar refractivity (Wildman–Crippen MR) is 113 cm³/mol. The Morgan fingerprint density at radius 3 is 2.41 bits per heavy atom. The molecule has 2 aromatic rings. The van der Waals surface area contributed by atoms with Gasteiger partial charge in [0.1, 0.15) is 17.4 Å². The molecule has 0 aliphatic rings. The van der Waals surface area contributed by atoms with Crippen LogP contribution in [0, 0.1) is 11.3 Å². The summed E-state index contributed by atoms with van der Waals surface area (Å²) in [6, 6.07) is 14.2. The Labute approximate surface area is 171 Å². The molecule has 0 spiro atoms. The first-order chi connectivity index (χ1) is 14.1. The maximum atomic E-state index is 12.5. The third-order valence-electron chi connectivity index (χ3n) is 4.21. The molecular weight excluding hydrogens is 368 g/mol. The van der Waals surface area contributed by atoms with Crippen molar-refractivity contribution in [2.24, 2.45) is 0 Å². The summed E-state index contributed by atoms with van der Waals surface area (Å²) in [7, 11) is 3.05. The molecule has 1 amide bonds. The molecule has 0 fully saturated rings. The quantitative estimate of drug-likeness (QED) is 0.355. The van der Waals surface area contributed by atoms with Gasteiger partial charge in [-0.3, -0.25) is 4.79 Å². The van der Waals surface area contributed by atoms with Gasteiger partial charge in [-0.25, -0.2) is 0 Å². The number of ether oxygens (including phenoxy) is 3. The highest BCUT2D eigenvalue weighted by molar-refractivity contribution is 6.09. The fraction of sp³-hybridized carbons (Fsp3) is 0.304. The molecule has 0 saturated carbocycles. The van der Waals surface area contributed by atoms with Crippen molar-refractivity contribution in [3.63, 3.8) is 0 Å². The number of hydrogen-bond donors (Lipinski definition) is 1. The summed E-state index contributed by atoms with van der Waals surface area (Å²) in [5.74, 6) is 1.31. The normalized spacial score (nSPS) is 10.8. The summed E-state index contributed by atoms with van der Waals surface area (Å²) in [6.07, 6.45) is 4.85. The monoisotopic (exact) mass is 394 g/mol. The highest BCUT2D eigenvalue weighted by Crippen LogP contribution is 2.30. The van der Waals surface area contributed by atoms with E-state index in [0.29, 0.717) is 23.8 Å². The number of anilines is 1. The van der Waals surface area contributed by atoms with Crippen LogP contribution in [0.5, 0.6) is 17.2 Å². The fourth-order valence-corrected chi connectivity index (χ4v) is 2.63. The number of benzene rings is 2. The Morgan fingerprint density at radius 2 is 1.79 bits per heavy atom. The van der Waals surface area contributed by atoms with E-state index in [0.717, 1.165) is 30.6 Å². The van der Waals surface area contributed by atoms with E-state index >= 15 is 0 Å². The molecule has 0 atom stereocenters. The number of nitrogens with zero attached hydrogens (tertiary/aromatic N) is 1. The van der Waals surface area contributed by atoms with Crippen LogP contribution in [-0.4, -0.2) is 26.7 Å². The van der Waals surface area contributed by atoms with Crippen molar-refractivity contribution in [1.82, 2.24) is 0 Å². The number of hydrogen-bond acceptors (Lipinski definition) is 5. The lowest BCUT2D eigenvalue weighted by atomic mass is 10.1. The van der Waals surface area contributed by atoms with E-state index in [9.17, 15) is 10.1 Å². The zero-order valence-corrected chi connectivity index (χ0v) is 17.0. The van der Waals surface area contributed by atoms with Crippen molar-refractivity contribution >= 4 is 17.7 Å². The van der Waals surface area contributed by atoms with Crippen LogP contribution in [0.1, 0.15) is 31.7 Å². The third kappa shape index (κ3) is 6.58. The summed E-state index contributed by atoms with van der Waals surface area (Å²) >= 11 is 0. The molecule has 29 heavy (non-hydrogen) atoms. The molecule has 1 N–H and O–H groups in total. The van der Waals surface area contributed by atoms with Gasteiger partial charge >= 0.3 is 0 Å². The Balaban J connectivity index is 2.05. The lowest BCUT2D eigenvalue weighted by Gasteiger charge is -2.10. The molecule has 2 aromatic carbocycles. The van der Waals surface area contributed by atoms with E-state index in [1.54, 1.807) is 18.2 Å². The average molecular weight is 394 g/mol. The van der Waals surface area contributed by atoms with Gasteiger partial charge in [-0.05, 0) is 42.3 Å². The van der Waals surface area contributed by atoms with Crippen LogP contribution in [0.2, 0.25) is 0 Å². The lowest BCUT2D eigenvalue weighted by Crippen LogP contribution is -2.13. The highest BCUT2D eigenvalue weighted by Gasteiger charge is 2.12. The number of carbonyl (C=O) groups is 1. The highest BCUT2D eigenvalue weighted by atomic mass is 16.5. The van der Waals surface area contributed by atoms with Crippen molar-refractivity contribution in [2.45, 2.75) is 26.2 Å². The Morgan fingerprint density at radius 1 is 1.07 bits per heavy atom. The Kier molecular flexibility index (Phi) is 8.58. The van der Waals surface area contributed by atoms with Crippen molar-refractivity contribution in [3.05, 3.63) is 53.6 Å². The van der Waals surface area contributed by atoms with Gasteiger partial charge in [-0.15, -0.1) is 0 Å². The van der Waals surface area contributed by atoms with Gasteiger partial charge in [-0.2, -0.15) is 5.26 Å². The third-order valence-corrected chi connectivity index (χ3v) is 4.21. The first-order valence-electron chi connectivity index (χ1n) is 9.49. The van der Waals surface area contributed by atoms with Crippen LogP contribution in [0.3, 0.4) is 0 Å². The molecule has 0 aliphatic carbocycles. The van der Waals surface area contributed by atoms with Gasteiger partial charge in [0.05, 0.1) is 20.8 Å². The largest absolute Gasteiger partial charge is 0.494 e. The molecule has 0 aromatic heterocycles. The number of unbranched alkanes of at least 4 members (excludes halogenated alkanes) is 2. The summed E-state index contributed by atoms with van der Waals surface area (Å²) in [5.41, 5.74) is 1.24. The Bertz CT molecular complexity index is 883.